The van der Waals surface area contributed by atoms with E-state index in [9.17, 15) is 5.26 Å². The molecule has 0 aromatic heterocycles. The lowest BCUT2D eigenvalue weighted by Crippen LogP contribution is -1.82. The van der Waals surface area contributed by atoms with Crippen LogP contribution in [0.15, 0.2) is 48.5 Å². The molecule has 2 heteroatoms. The van der Waals surface area contributed by atoms with E-state index in [-0.39, 0.29) is 0 Å². The summed E-state index contributed by atoms with van der Waals surface area (Å²) in [6.07, 6.45) is 1.88. The normalized spacial score (nSPS) is 11.1. The van der Waals surface area contributed by atoms with Crippen LogP contribution in [0, 0.1) is 18.3 Å². The molecule has 0 N–H and O–H groups in total. The van der Waals surface area contributed by atoms with E-state index in [0.717, 1.165) is 11.1 Å². The van der Waals surface area contributed by atoms with Crippen LogP contribution in [0.4, 0.5) is 0 Å². The van der Waals surface area contributed by atoms with Crippen molar-refractivity contribution in [1.29, 1.82) is 5.26 Å². The van der Waals surface area contributed by atoms with Crippen LogP contribution >= 0.6 is 11.6 Å². The zero-order valence-corrected chi connectivity index (χ0v) is 10.8. The molecule has 0 aliphatic rings. The summed E-state index contributed by atoms with van der Waals surface area (Å²) >= 11 is 5.83. The molecule has 0 amide bonds. The lowest BCUT2D eigenvalue weighted by molar-refractivity contribution is 1.46. The SMILES string of the molecule is Cc1ccc(/C=C(/C#N)c2ccc(Cl)cc2)cc1. The quantitative estimate of drug-likeness (QED) is 0.562. The highest BCUT2D eigenvalue weighted by Crippen LogP contribution is 2.20. The summed E-state index contributed by atoms with van der Waals surface area (Å²) in [5.41, 5.74) is 3.74. The minimum Gasteiger partial charge on any atom is -0.192 e. The summed E-state index contributed by atoms with van der Waals surface area (Å²) in [5.74, 6) is 0. The maximum atomic E-state index is 9.21. The fourth-order valence-electron chi connectivity index (χ4n) is 1.64. The molecule has 0 aliphatic carbocycles. The first kappa shape index (κ1) is 12.4. The van der Waals surface area contributed by atoms with E-state index in [4.69, 9.17) is 11.6 Å². The Morgan fingerprint density at radius 2 is 1.67 bits per heavy atom. The highest BCUT2D eigenvalue weighted by molar-refractivity contribution is 6.30. The molecule has 88 valence electrons. The van der Waals surface area contributed by atoms with Gasteiger partial charge in [0.2, 0.25) is 0 Å². The van der Waals surface area contributed by atoms with Crippen LogP contribution in [-0.4, -0.2) is 0 Å². The van der Waals surface area contributed by atoms with E-state index >= 15 is 0 Å². The van der Waals surface area contributed by atoms with Gasteiger partial charge in [0, 0.05) is 5.02 Å². The highest BCUT2D eigenvalue weighted by Gasteiger charge is 2.00. The number of benzene rings is 2. The van der Waals surface area contributed by atoms with Crippen LogP contribution in [0.2, 0.25) is 5.02 Å². The van der Waals surface area contributed by atoms with E-state index in [0.29, 0.717) is 10.6 Å². The highest BCUT2D eigenvalue weighted by atomic mass is 35.5. The van der Waals surface area contributed by atoms with E-state index in [1.54, 1.807) is 12.1 Å². The summed E-state index contributed by atoms with van der Waals surface area (Å²) in [6.45, 7) is 2.04. The van der Waals surface area contributed by atoms with Gasteiger partial charge in [-0.05, 0) is 36.3 Å². The third-order valence-corrected chi connectivity index (χ3v) is 2.92. The van der Waals surface area contributed by atoms with Gasteiger partial charge in [0.25, 0.3) is 0 Å². The van der Waals surface area contributed by atoms with E-state index in [1.807, 2.05) is 49.4 Å². The van der Waals surface area contributed by atoms with Crippen molar-refractivity contribution in [3.63, 3.8) is 0 Å². The predicted molar refractivity (Wildman–Crippen MR) is 76.1 cm³/mol. The first-order valence-corrected chi connectivity index (χ1v) is 6.01. The van der Waals surface area contributed by atoms with Gasteiger partial charge in [-0.15, -0.1) is 0 Å². The molecule has 0 radical (unpaired) electrons. The van der Waals surface area contributed by atoms with Crippen LogP contribution in [0.3, 0.4) is 0 Å². The first-order valence-electron chi connectivity index (χ1n) is 5.63. The average Bonchev–Trinajstić information content (AvgIpc) is 2.39. The first-order chi connectivity index (χ1) is 8.69. The Morgan fingerprint density at radius 3 is 2.22 bits per heavy atom. The van der Waals surface area contributed by atoms with Gasteiger partial charge in [-0.3, -0.25) is 0 Å². The number of halogens is 1. The zero-order valence-electron chi connectivity index (χ0n) is 10.0. The number of aryl methyl sites for hydroxylation is 1. The van der Waals surface area contributed by atoms with Gasteiger partial charge in [-0.1, -0.05) is 53.6 Å². The smallest absolute Gasteiger partial charge is 0.0998 e. The van der Waals surface area contributed by atoms with Crippen molar-refractivity contribution in [2.45, 2.75) is 6.92 Å². The maximum Gasteiger partial charge on any atom is 0.0998 e. The van der Waals surface area contributed by atoms with Crippen molar-refractivity contribution in [3.8, 4) is 6.07 Å². The molecule has 2 aromatic carbocycles. The number of hydrogen-bond donors (Lipinski definition) is 0. The Hall–Kier alpha value is -2.04. The maximum absolute atomic E-state index is 9.21. The largest absolute Gasteiger partial charge is 0.192 e. The molecule has 2 aromatic rings. The summed E-state index contributed by atoms with van der Waals surface area (Å²) in [5, 5.41) is 9.89. The number of rotatable bonds is 2. The molecule has 0 bridgehead atoms. The molecular formula is C16H12ClN. The van der Waals surface area contributed by atoms with E-state index < -0.39 is 0 Å². The molecule has 18 heavy (non-hydrogen) atoms. The van der Waals surface area contributed by atoms with Gasteiger partial charge in [0.15, 0.2) is 0 Å². The van der Waals surface area contributed by atoms with Gasteiger partial charge < -0.3 is 0 Å². The fourth-order valence-corrected chi connectivity index (χ4v) is 1.76. The summed E-state index contributed by atoms with van der Waals surface area (Å²) in [6, 6.07) is 17.6. The Labute approximate surface area is 112 Å². The Bertz CT molecular complexity index is 601. The molecule has 0 saturated carbocycles. The van der Waals surface area contributed by atoms with Crippen molar-refractivity contribution < 1.29 is 0 Å². The lowest BCUT2D eigenvalue weighted by Gasteiger charge is -2.00. The number of hydrogen-bond acceptors (Lipinski definition) is 1. The van der Waals surface area contributed by atoms with Gasteiger partial charge in [-0.2, -0.15) is 5.26 Å². The number of nitrogens with zero attached hydrogens (tertiary/aromatic N) is 1. The van der Waals surface area contributed by atoms with Crippen LogP contribution in [0.1, 0.15) is 16.7 Å². The standard InChI is InChI=1S/C16H12ClN/c1-12-2-4-13(5-3-12)10-15(11-18)14-6-8-16(17)9-7-14/h2-10H,1H3/b15-10-. The topological polar surface area (TPSA) is 23.8 Å². The number of allylic oxidation sites excluding steroid dienone is 1. The van der Waals surface area contributed by atoms with Crippen molar-refractivity contribution in [3.05, 3.63) is 70.2 Å². The van der Waals surface area contributed by atoms with Crippen LogP contribution in [-0.2, 0) is 0 Å². The summed E-state index contributed by atoms with van der Waals surface area (Å²) in [7, 11) is 0. The fraction of sp³-hybridized carbons (Fsp3) is 0.0625. The molecule has 0 saturated heterocycles. The molecule has 0 fully saturated rings. The summed E-state index contributed by atoms with van der Waals surface area (Å²) in [4.78, 5) is 0. The molecule has 0 atom stereocenters. The third kappa shape index (κ3) is 3.00. The Balaban J connectivity index is 2.37. The lowest BCUT2D eigenvalue weighted by atomic mass is 10.0. The van der Waals surface area contributed by atoms with Gasteiger partial charge in [0.1, 0.15) is 0 Å². The van der Waals surface area contributed by atoms with Crippen molar-refractivity contribution in [2.24, 2.45) is 0 Å². The van der Waals surface area contributed by atoms with Crippen LogP contribution in [0.5, 0.6) is 0 Å². The second-order valence-electron chi connectivity index (χ2n) is 4.09. The second kappa shape index (κ2) is 5.53. The minimum absolute atomic E-state index is 0.635. The van der Waals surface area contributed by atoms with Crippen molar-refractivity contribution in [1.82, 2.24) is 0 Å². The van der Waals surface area contributed by atoms with Crippen molar-refractivity contribution in [2.75, 3.05) is 0 Å². The van der Waals surface area contributed by atoms with Crippen molar-refractivity contribution >= 4 is 23.3 Å². The molecule has 2 rings (SSSR count). The van der Waals surface area contributed by atoms with E-state index in [2.05, 4.69) is 6.07 Å². The second-order valence-corrected chi connectivity index (χ2v) is 4.52. The Kier molecular flexibility index (Phi) is 3.82. The molecule has 0 spiro atoms. The van der Waals surface area contributed by atoms with Crippen LogP contribution < -0.4 is 0 Å². The summed E-state index contributed by atoms with van der Waals surface area (Å²) < 4.78 is 0. The van der Waals surface area contributed by atoms with Gasteiger partial charge in [0.05, 0.1) is 11.6 Å². The predicted octanol–water partition coefficient (Wildman–Crippen LogP) is 4.71. The Morgan fingerprint density at radius 1 is 1.06 bits per heavy atom. The zero-order chi connectivity index (χ0) is 13.0. The average molecular weight is 254 g/mol. The minimum atomic E-state index is 0.635. The molecule has 0 heterocycles. The molecule has 1 nitrogen and oxygen atoms in total. The van der Waals surface area contributed by atoms with Crippen LogP contribution in [0.25, 0.3) is 11.6 Å². The number of nitriles is 1. The van der Waals surface area contributed by atoms with Gasteiger partial charge >= 0.3 is 0 Å². The molecular weight excluding hydrogens is 242 g/mol. The third-order valence-electron chi connectivity index (χ3n) is 2.66. The molecule has 0 aliphatic heterocycles. The monoisotopic (exact) mass is 253 g/mol. The van der Waals surface area contributed by atoms with Gasteiger partial charge in [-0.25, -0.2) is 0 Å². The molecule has 0 unspecified atom stereocenters. The van der Waals surface area contributed by atoms with E-state index in [1.165, 1.54) is 5.56 Å².